The fraction of sp³-hybridized carbons (Fsp3) is 0.353. The molecule has 0 amide bonds. The van der Waals surface area contributed by atoms with Gasteiger partial charge in [-0.2, -0.15) is 0 Å². The van der Waals surface area contributed by atoms with Crippen molar-refractivity contribution in [3.8, 4) is 11.3 Å². The molecule has 1 aromatic carbocycles. The minimum Gasteiger partial charge on any atom is -0.294 e. The van der Waals surface area contributed by atoms with Gasteiger partial charge in [0.1, 0.15) is 0 Å². The smallest absolute Gasteiger partial charge is 0.253 e. The number of aromatic nitrogens is 1. The van der Waals surface area contributed by atoms with Crippen molar-refractivity contribution in [3.05, 3.63) is 42.0 Å². The van der Waals surface area contributed by atoms with Crippen LogP contribution in [0.15, 0.2) is 36.4 Å². The van der Waals surface area contributed by atoms with E-state index < -0.39 is 11.8 Å². The third-order valence-corrected chi connectivity index (χ3v) is 5.37. The lowest BCUT2D eigenvalue weighted by Crippen LogP contribution is -2.18. The van der Waals surface area contributed by atoms with Crippen molar-refractivity contribution in [2.45, 2.75) is 19.3 Å². The standard InChI is InChI=1S/C17H17F2N3S/c1-11-5-3-4-6-13(11)14-7-8-15-16(20-14)21(2)23-22(15)10-12-9-17(12,18)19/h3-8,12H,9-10H2,1-2H3. The highest BCUT2D eigenvalue weighted by Crippen LogP contribution is 2.52. The molecule has 23 heavy (non-hydrogen) atoms. The molecule has 4 rings (SSSR count). The van der Waals surface area contributed by atoms with E-state index in [0.717, 1.165) is 22.8 Å². The van der Waals surface area contributed by atoms with Crippen LogP contribution in [-0.2, 0) is 0 Å². The van der Waals surface area contributed by atoms with E-state index in [0.29, 0.717) is 6.54 Å². The van der Waals surface area contributed by atoms with Crippen LogP contribution < -0.4 is 8.61 Å². The fourth-order valence-corrected chi connectivity index (χ4v) is 3.89. The van der Waals surface area contributed by atoms with E-state index in [1.165, 1.54) is 17.7 Å². The van der Waals surface area contributed by atoms with E-state index in [2.05, 4.69) is 19.1 Å². The Morgan fingerprint density at radius 2 is 2.00 bits per heavy atom. The molecule has 1 saturated carbocycles. The Morgan fingerprint density at radius 3 is 2.70 bits per heavy atom. The molecule has 0 saturated heterocycles. The Labute approximate surface area is 138 Å². The number of halogens is 2. The minimum atomic E-state index is -2.49. The zero-order valence-corrected chi connectivity index (χ0v) is 13.8. The van der Waals surface area contributed by atoms with E-state index in [1.54, 1.807) is 0 Å². The summed E-state index contributed by atoms with van der Waals surface area (Å²) in [5.74, 6) is -2.19. The summed E-state index contributed by atoms with van der Waals surface area (Å²) in [7, 11) is 1.92. The second-order valence-electron chi connectivity index (χ2n) is 6.16. The molecule has 1 atom stereocenters. The zero-order valence-electron chi connectivity index (χ0n) is 13.0. The second-order valence-corrected chi connectivity index (χ2v) is 7.31. The summed E-state index contributed by atoms with van der Waals surface area (Å²) in [6.45, 7) is 2.42. The van der Waals surface area contributed by atoms with E-state index in [4.69, 9.17) is 4.98 Å². The molecule has 1 aliphatic heterocycles. The number of pyridine rings is 1. The average Bonchev–Trinajstić information content (AvgIpc) is 2.99. The molecule has 120 valence electrons. The van der Waals surface area contributed by atoms with E-state index in [-0.39, 0.29) is 6.42 Å². The molecule has 0 N–H and O–H groups in total. The topological polar surface area (TPSA) is 19.4 Å². The number of alkyl halides is 2. The quantitative estimate of drug-likeness (QED) is 0.768. The summed E-state index contributed by atoms with van der Waals surface area (Å²) in [5.41, 5.74) is 4.09. The van der Waals surface area contributed by atoms with E-state index >= 15 is 0 Å². The summed E-state index contributed by atoms with van der Waals surface area (Å²) in [6, 6.07) is 12.1. The Hall–Kier alpha value is -1.82. The normalized spacial score (nSPS) is 21.5. The lowest BCUT2D eigenvalue weighted by molar-refractivity contribution is 0.101. The average molecular weight is 333 g/mol. The molecule has 3 nitrogen and oxygen atoms in total. The first-order chi connectivity index (χ1) is 11.0. The highest BCUT2D eigenvalue weighted by molar-refractivity contribution is 8.02. The van der Waals surface area contributed by atoms with Gasteiger partial charge in [0.25, 0.3) is 5.92 Å². The minimum absolute atomic E-state index is 0.00215. The fourth-order valence-electron chi connectivity index (χ4n) is 2.91. The van der Waals surface area contributed by atoms with Crippen molar-refractivity contribution in [3.63, 3.8) is 0 Å². The summed E-state index contributed by atoms with van der Waals surface area (Å²) < 4.78 is 30.2. The number of aryl methyl sites for hydroxylation is 1. The Bertz CT molecular complexity index is 765. The molecular formula is C17H17F2N3S. The summed E-state index contributed by atoms with van der Waals surface area (Å²) in [6.07, 6.45) is -0.00215. The van der Waals surface area contributed by atoms with Gasteiger partial charge in [-0.05, 0) is 24.6 Å². The van der Waals surface area contributed by atoms with E-state index in [9.17, 15) is 8.78 Å². The van der Waals surface area contributed by atoms with Crippen LogP contribution in [0.25, 0.3) is 11.3 Å². The van der Waals surface area contributed by atoms with Gasteiger partial charge < -0.3 is 0 Å². The van der Waals surface area contributed by atoms with Gasteiger partial charge in [0.2, 0.25) is 0 Å². The first-order valence-corrected chi connectivity index (χ1v) is 8.33. The van der Waals surface area contributed by atoms with Crippen molar-refractivity contribution in [2.24, 2.45) is 5.92 Å². The van der Waals surface area contributed by atoms with Crippen LogP contribution in [0, 0.1) is 12.8 Å². The summed E-state index contributed by atoms with van der Waals surface area (Å²) in [5, 5.41) is 0. The predicted molar refractivity (Wildman–Crippen MR) is 90.8 cm³/mol. The van der Waals surface area contributed by atoms with Crippen molar-refractivity contribution in [2.75, 3.05) is 22.2 Å². The van der Waals surface area contributed by atoms with Gasteiger partial charge in [-0.15, -0.1) is 0 Å². The van der Waals surface area contributed by atoms with Gasteiger partial charge >= 0.3 is 0 Å². The highest BCUT2D eigenvalue weighted by Gasteiger charge is 2.57. The molecule has 2 heterocycles. The van der Waals surface area contributed by atoms with Gasteiger partial charge in [0.15, 0.2) is 5.82 Å². The Morgan fingerprint density at radius 1 is 1.26 bits per heavy atom. The maximum absolute atomic E-state index is 13.2. The number of anilines is 2. The van der Waals surface area contributed by atoms with Crippen molar-refractivity contribution < 1.29 is 8.78 Å². The maximum atomic E-state index is 13.2. The molecule has 1 unspecified atom stereocenters. The Kier molecular flexibility index (Phi) is 3.27. The van der Waals surface area contributed by atoms with Gasteiger partial charge in [0.05, 0.1) is 23.5 Å². The van der Waals surface area contributed by atoms with Crippen LogP contribution in [-0.4, -0.2) is 24.5 Å². The monoisotopic (exact) mass is 333 g/mol. The van der Waals surface area contributed by atoms with Crippen LogP contribution in [0.1, 0.15) is 12.0 Å². The summed E-state index contributed by atoms with van der Waals surface area (Å²) >= 11 is 1.44. The lowest BCUT2D eigenvalue weighted by Gasteiger charge is -2.16. The molecule has 0 bridgehead atoms. The van der Waals surface area contributed by atoms with Crippen LogP contribution in [0.3, 0.4) is 0 Å². The third kappa shape index (κ3) is 2.55. The van der Waals surface area contributed by atoms with Crippen LogP contribution >= 0.6 is 12.1 Å². The molecule has 2 aromatic rings. The molecule has 1 fully saturated rings. The van der Waals surface area contributed by atoms with Crippen molar-refractivity contribution in [1.82, 2.24) is 4.98 Å². The molecule has 1 aromatic heterocycles. The number of nitrogens with zero attached hydrogens (tertiary/aromatic N) is 3. The van der Waals surface area contributed by atoms with Crippen molar-refractivity contribution >= 4 is 23.6 Å². The Balaban J connectivity index is 1.64. The lowest BCUT2D eigenvalue weighted by atomic mass is 10.1. The molecule has 0 spiro atoms. The van der Waals surface area contributed by atoms with Crippen LogP contribution in [0.4, 0.5) is 20.3 Å². The predicted octanol–water partition coefficient (Wildman–Crippen LogP) is 4.53. The molecule has 6 heteroatoms. The number of fused-ring (bicyclic) bond motifs is 1. The number of hydrogen-bond donors (Lipinski definition) is 0. The zero-order chi connectivity index (χ0) is 16.2. The maximum Gasteiger partial charge on any atom is 0.253 e. The number of rotatable bonds is 3. The molecule has 2 aliphatic rings. The van der Waals surface area contributed by atoms with Gasteiger partial charge in [-0.3, -0.25) is 8.61 Å². The van der Waals surface area contributed by atoms with Gasteiger partial charge in [-0.25, -0.2) is 13.8 Å². The molecule has 0 radical (unpaired) electrons. The second kappa shape index (κ2) is 5.09. The molecule has 1 aliphatic carbocycles. The van der Waals surface area contributed by atoms with Crippen LogP contribution in [0.2, 0.25) is 0 Å². The number of hydrogen-bond acceptors (Lipinski definition) is 4. The van der Waals surface area contributed by atoms with Crippen LogP contribution in [0.5, 0.6) is 0 Å². The third-order valence-electron chi connectivity index (χ3n) is 4.41. The SMILES string of the molecule is Cc1ccccc1-c1ccc2c(n1)N(C)SN2CC1CC1(F)F. The first-order valence-electron chi connectivity index (χ1n) is 7.60. The first kappa shape index (κ1) is 14.8. The van der Waals surface area contributed by atoms with Crippen molar-refractivity contribution in [1.29, 1.82) is 0 Å². The largest absolute Gasteiger partial charge is 0.294 e. The van der Waals surface area contributed by atoms with Gasteiger partial charge in [-0.1, -0.05) is 24.3 Å². The molecular weight excluding hydrogens is 316 g/mol. The number of benzene rings is 1. The highest BCUT2D eigenvalue weighted by atomic mass is 32.2. The summed E-state index contributed by atoms with van der Waals surface area (Å²) in [4.78, 5) is 4.76. The van der Waals surface area contributed by atoms with Gasteiger partial charge in [0, 0.05) is 31.5 Å². The van der Waals surface area contributed by atoms with E-state index in [1.807, 2.05) is 39.9 Å².